The quantitative estimate of drug-likeness (QED) is 0.611. The van der Waals surface area contributed by atoms with Crippen LogP contribution >= 0.6 is 0 Å². The molecule has 2 aromatic rings. The molecule has 24 heavy (non-hydrogen) atoms. The maximum atomic E-state index is 11.2. The van der Waals surface area contributed by atoms with Gasteiger partial charge in [-0.15, -0.1) is 0 Å². The lowest BCUT2D eigenvalue weighted by molar-refractivity contribution is 0.312. The van der Waals surface area contributed by atoms with Gasteiger partial charge in [-0.3, -0.25) is 4.55 Å². The lowest BCUT2D eigenvalue weighted by Crippen LogP contribution is -2.10. The summed E-state index contributed by atoms with van der Waals surface area (Å²) in [5.74, 6) is 0.545. The van der Waals surface area contributed by atoms with Crippen LogP contribution in [0.3, 0.4) is 0 Å². The third-order valence-corrected chi connectivity index (χ3v) is 3.66. The van der Waals surface area contributed by atoms with Gasteiger partial charge in [-0.1, -0.05) is 13.0 Å². The summed E-state index contributed by atoms with van der Waals surface area (Å²) in [5.41, 5.74) is 0.403. The molecule has 0 atom stereocenters. The molecule has 0 radical (unpaired) electrons. The van der Waals surface area contributed by atoms with Crippen LogP contribution in [0.4, 0.5) is 17.6 Å². The minimum atomic E-state index is -4.28. The molecule has 0 saturated carbocycles. The predicted octanol–water partition coefficient (Wildman–Crippen LogP) is 2.08. The van der Waals surface area contributed by atoms with E-state index in [4.69, 9.17) is 9.29 Å². The Balaban J connectivity index is 2.29. The number of nitrogens with one attached hydrogen (secondary N) is 2. The fourth-order valence-electron chi connectivity index (χ4n) is 1.79. The second-order valence-corrected chi connectivity index (χ2v) is 6.17. The first-order valence-electron chi connectivity index (χ1n) is 7.39. The van der Waals surface area contributed by atoms with Crippen molar-refractivity contribution in [3.63, 3.8) is 0 Å². The molecule has 3 N–H and O–H groups in total. The molecule has 1 heterocycles. The minimum Gasteiger partial charge on any atom is -0.464 e. The van der Waals surface area contributed by atoms with E-state index in [0.29, 0.717) is 24.8 Å². The molecule has 9 nitrogen and oxygen atoms in total. The van der Waals surface area contributed by atoms with Crippen molar-refractivity contribution in [2.45, 2.75) is 25.2 Å². The van der Waals surface area contributed by atoms with E-state index in [1.54, 1.807) is 6.07 Å². The molecule has 0 aliphatic carbocycles. The van der Waals surface area contributed by atoms with Gasteiger partial charge in [0.05, 0.1) is 11.5 Å². The van der Waals surface area contributed by atoms with E-state index in [9.17, 15) is 8.42 Å². The van der Waals surface area contributed by atoms with Gasteiger partial charge >= 0.3 is 6.01 Å². The maximum absolute atomic E-state index is 11.2. The average Bonchev–Trinajstić information content (AvgIpc) is 2.52. The number of hydrogen-bond donors (Lipinski definition) is 3. The highest BCUT2D eigenvalue weighted by Gasteiger charge is 2.11. The van der Waals surface area contributed by atoms with E-state index in [2.05, 4.69) is 25.6 Å². The van der Waals surface area contributed by atoms with E-state index >= 15 is 0 Å². The molecule has 0 unspecified atom stereocenters. The average molecular weight is 353 g/mol. The van der Waals surface area contributed by atoms with E-state index in [-0.39, 0.29) is 16.9 Å². The van der Waals surface area contributed by atoms with Gasteiger partial charge in [-0.25, -0.2) is 0 Å². The highest BCUT2D eigenvalue weighted by Crippen LogP contribution is 2.20. The van der Waals surface area contributed by atoms with Gasteiger partial charge in [0.1, 0.15) is 0 Å². The summed E-state index contributed by atoms with van der Waals surface area (Å²) in [7, 11) is -4.28. The zero-order chi connectivity index (χ0) is 17.6. The van der Waals surface area contributed by atoms with E-state index in [1.807, 2.05) is 13.8 Å². The first-order valence-corrected chi connectivity index (χ1v) is 8.83. The zero-order valence-corrected chi connectivity index (χ0v) is 14.2. The first-order chi connectivity index (χ1) is 11.4. The number of benzene rings is 1. The number of aromatic nitrogens is 3. The second kappa shape index (κ2) is 7.88. The van der Waals surface area contributed by atoms with Gasteiger partial charge in [0.2, 0.25) is 11.9 Å². The molecule has 10 heteroatoms. The molecular formula is C14H19N5O4S. The molecule has 1 aromatic heterocycles. The second-order valence-electron chi connectivity index (χ2n) is 4.75. The van der Waals surface area contributed by atoms with Crippen molar-refractivity contribution >= 4 is 27.7 Å². The molecule has 0 fully saturated rings. The molecule has 0 spiro atoms. The van der Waals surface area contributed by atoms with Crippen LogP contribution in [0.1, 0.15) is 20.3 Å². The van der Waals surface area contributed by atoms with Crippen molar-refractivity contribution in [2.24, 2.45) is 0 Å². The molecular weight excluding hydrogens is 334 g/mol. The molecule has 0 aliphatic rings. The number of ether oxygens (including phenoxy) is 1. The van der Waals surface area contributed by atoms with Crippen LogP contribution in [0, 0.1) is 0 Å². The van der Waals surface area contributed by atoms with Crippen LogP contribution in [-0.2, 0) is 10.1 Å². The number of anilines is 3. The van der Waals surface area contributed by atoms with E-state index in [1.165, 1.54) is 18.2 Å². The van der Waals surface area contributed by atoms with E-state index in [0.717, 1.165) is 6.42 Å². The Hall–Kier alpha value is -2.46. The standard InChI is InChI=1S/C14H19N5O4S/c1-3-8-15-12-17-13(19-14(18-12)23-4-2)16-10-6-5-7-11(9-10)24(20,21)22/h5-7,9H,3-4,8H2,1-2H3,(H,20,21,22)(H2,15,16,17,18,19). The zero-order valence-electron chi connectivity index (χ0n) is 13.4. The van der Waals surface area contributed by atoms with Crippen LogP contribution in [0.5, 0.6) is 6.01 Å². The van der Waals surface area contributed by atoms with Crippen LogP contribution in [0.15, 0.2) is 29.2 Å². The first kappa shape index (κ1) is 17.9. The molecule has 0 saturated heterocycles. The molecule has 130 valence electrons. The Bertz CT molecular complexity index is 798. The largest absolute Gasteiger partial charge is 0.464 e. The smallest absolute Gasteiger partial charge is 0.323 e. The Labute approximate surface area is 140 Å². The lowest BCUT2D eigenvalue weighted by Gasteiger charge is -2.10. The van der Waals surface area contributed by atoms with Crippen LogP contribution in [0.25, 0.3) is 0 Å². The summed E-state index contributed by atoms with van der Waals surface area (Å²) < 4.78 is 36.8. The van der Waals surface area contributed by atoms with Crippen molar-refractivity contribution < 1.29 is 17.7 Å². The fraction of sp³-hybridized carbons (Fsp3) is 0.357. The monoisotopic (exact) mass is 353 g/mol. The number of rotatable bonds is 8. The highest BCUT2D eigenvalue weighted by atomic mass is 32.2. The fourth-order valence-corrected chi connectivity index (χ4v) is 2.31. The summed E-state index contributed by atoms with van der Waals surface area (Å²) in [4.78, 5) is 12.2. The van der Waals surface area contributed by atoms with Crippen molar-refractivity contribution in [1.82, 2.24) is 15.0 Å². The van der Waals surface area contributed by atoms with Crippen molar-refractivity contribution in [3.8, 4) is 6.01 Å². The normalized spacial score (nSPS) is 11.1. The SMILES string of the molecule is CCCNc1nc(Nc2cccc(S(=O)(=O)O)c2)nc(OCC)n1. The maximum Gasteiger partial charge on any atom is 0.323 e. The molecule has 0 amide bonds. The molecule has 0 bridgehead atoms. The van der Waals surface area contributed by atoms with Crippen molar-refractivity contribution in [2.75, 3.05) is 23.8 Å². The number of hydrogen-bond acceptors (Lipinski definition) is 8. The predicted molar refractivity (Wildman–Crippen MR) is 89.3 cm³/mol. The highest BCUT2D eigenvalue weighted by molar-refractivity contribution is 7.85. The minimum absolute atomic E-state index is 0.152. The lowest BCUT2D eigenvalue weighted by atomic mass is 10.3. The molecule has 1 aromatic carbocycles. The van der Waals surface area contributed by atoms with Crippen LogP contribution in [0.2, 0.25) is 0 Å². The van der Waals surface area contributed by atoms with Gasteiger partial charge in [0.15, 0.2) is 0 Å². The van der Waals surface area contributed by atoms with Gasteiger partial charge < -0.3 is 15.4 Å². The van der Waals surface area contributed by atoms with Gasteiger partial charge in [-0.05, 0) is 31.5 Å². The number of nitrogens with zero attached hydrogens (tertiary/aromatic N) is 3. The van der Waals surface area contributed by atoms with Crippen molar-refractivity contribution in [1.29, 1.82) is 0 Å². The van der Waals surface area contributed by atoms with Crippen LogP contribution in [-0.4, -0.2) is 41.1 Å². The summed E-state index contributed by atoms with van der Waals surface area (Å²) in [6, 6.07) is 5.83. The van der Waals surface area contributed by atoms with E-state index < -0.39 is 10.1 Å². The summed E-state index contributed by atoms with van der Waals surface area (Å²) in [6.07, 6.45) is 0.898. The Morgan fingerprint density at radius 2 is 1.92 bits per heavy atom. The third kappa shape index (κ3) is 5.03. The molecule has 0 aliphatic heterocycles. The Morgan fingerprint density at radius 1 is 1.17 bits per heavy atom. The van der Waals surface area contributed by atoms with Gasteiger partial charge in [0, 0.05) is 12.2 Å². The van der Waals surface area contributed by atoms with Crippen molar-refractivity contribution in [3.05, 3.63) is 24.3 Å². The summed E-state index contributed by atoms with van der Waals surface area (Å²) in [5, 5.41) is 5.91. The summed E-state index contributed by atoms with van der Waals surface area (Å²) in [6.45, 7) is 4.91. The van der Waals surface area contributed by atoms with Crippen LogP contribution < -0.4 is 15.4 Å². The Morgan fingerprint density at radius 3 is 2.58 bits per heavy atom. The topological polar surface area (TPSA) is 126 Å². The third-order valence-electron chi connectivity index (χ3n) is 2.81. The van der Waals surface area contributed by atoms with Gasteiger partial charge in [-0.2, -0.15) is 23.4 Å². The Kier molecular flexibility index (Phi) is 5.88. The molecule has 2 rings (SSSR count). The summed E-state index contributed by atoms with van der Waals surface area (Å²) >= 11 is 0. The van der Waals surface area contributed by atoms with Gasteiger partial charge in [0.25, 0.3) is 10.1 Å².